The lowest BCUT2D eigenvalue weighted by Crippen LogP contribution is -2.40. The highest BCUT2D eigenvalue weighted by atomic mass is 79.9. The van der Waals surface area contributed by atoms with Crippen LogP contribution in [0, 0.1) is 13.8 Å². The number of benzene rings is 1. The molecule has 0 unspecified atom stereocenters. The van der Waals surface area contributed by atoms with Crippen molar-refractivity contribution in [2.45, 2.75) is 13.8 Å². The zero-order valence-electron chi connectivity index (χ0n) is 12.1. The third-order valence-electron chi connectivity index (χ3n) is 2.86. The number of hydrogen-bond acceptors (Lipinski definition) is 3. The van der Waals surface area contributed by atoms with Gasteiger partial charge in [0.15, 0.2) is 0 Å². The molecule has 1 aromatic carbocycles. The molecule has 2 amide bonds. The predicted molar refractivity (Wildman–Crippen MR) is 87.0 cm³/mol. The van der Waals surface area contributed by atoms with Crippen LogP contribution < -0.4 is 10.9 Å². The topological polar surface area (TPSA) is 71.3 Å². The second-order valence-electron chi connectivity index (χ2n) is 4.66. The molecule has 2 aromatic rings. The summed E-state index contributed by atoms with van der Waals surface area (Å²) in [5.41, 5.74) is 5.93. The van der Waals surface area contributed by atoms with E-state index in [9.17, 15) is 9.59 Å². The number of hydrogen-bond donors (Lipinski definition) is 2. The molecule has 22 heavy (non-hydrogen) atoms. The van der Waals surface area contributed by atoms with E-state index in [0.29, 0.717) is 17.1 Å². The van der Waals surface area contributed by atoms with Crippen molar-refractivity contribution in [1.82, 2.24) is 10.9 Å². The molecule has 0 radical (unpaired) electrons. The third-order valence-corrected chi connectivity index (χ3v) is 3.35. The van der Waals surface area contributed by atoms with Gasteiger partial charge in [0.05, 0.1) is 5.56 Å². The van der Waals surface area contributed by atoms with E-state index in [-0.39, 0.29) is 0 Å². The van der Waals surface area contributed by atoms with Crippen LogP contribution in [0.4, 0.5) is 0 Å². The summed E-state index contributed by atoms with van der Waals surface area (Å²) in [7, 11) is 0. The van der Waals surface area contributed by atoms with Crippen molar-refractivity contribution in [2.24, 2.45) is 0 Å². The van der Waals surface area contributed by atoms with Crippen molar-refractivity contribution in [3.8, 4) is 0 Å². The fourth-order valence-electron chi connectivity index (χ4n) is 1.87. The summed E-state index contributed by atoms with van der Waals surface area (Å²) in [4.78, 5) is 23.6. The molecule has 5 nitrogen and oxygen atoms in total. The van der Waals surface area contributed by atoms with E-state index in [4.69, 9.17) is 4.42 Å². The molecule has 2 rings (SSSR count). The van der Waals surface area contributed by atoms with Crippen molar-refractivity contribution in [1.29, 1.82) is 0 Å². The maximum absolute atomic E-state index is 11.9. The van der Waals surface area contributed by atoms with Gasteiger partial charge in [-0.05, 0) is 43.7 Å². The molecule has 0 bridgehead atoms. The maximum atomic E-state index is 11.9. The number of hydrazine groups is 1. The Balaban J connectivity index is 1.90. The molecule has 0 atom stereocenters. The Kier molecular flexibility index (Phi) is 5.16. The first-order valence-electron chi connectivity index (χ1n) is 6.56. The largest absolute Gasteiger partial charge is 0.466 e. The van der Waals surface area contributed by atoms with Gasteiger partial charge >= 0.3 is 0 Å². The Labute approximate surface area is 136 Å². The van der Waals surface area contributed by atoms with Gasteiger partial charge in [-0.25, -0.2) is 0 Å². The average Bonchev–Trinajstić information content (AvgIpc) is 2.81. The Morgan fingerprint density at radius 2 is 1.95 bits per heavy atom. The van der Waals surface area contributed by atoms with Crippen LogP contribution in [-0.4, -0.2) is 11.8 Å². The van der Waals surface area contributed by atoms with Crippen LogP contribution in [0.15, 0.2) is 45.3 Å². The molecule has 0 saturated heterocycles. The van der Waals surface area contributed by atoms with E-state index in [1.807, 2.05) is 24.3 Å². The van der Waals surface area contributed by atoms with Gasteiger partial charge in [-0.15, -0.1) is 0 Å². The van der Waals surface area contributed by atoms with Gasteiger partial charge in [0, 0.05) is 10.5 Å². The molecule has 1 heterocycles. The molecule has 0 aliphatic rings. The van der Waals surface area contributed by atoms with Gasteiger partial charge < -0.3 is 4.42 Å². The van der Waals surface area contributed by atoms with Gasteiger partial charge in [0.2, 0.25) is 0 Å². The standard InChI is InChI=1S/C16H15BrN2O3/c1-10-8-14(11(2)22-10)16(21)19-18-15(20)7-6-12-4-3-5-13(17)9-12/h3-9H,1-2H3,(H,18,20)(H,19,21)/b7-6+. The van der Waals surface area contributed by atoms with E-state index < -0.39 is 11.8 Å². The Bertz CT molecular complexity index is 735. The van der Waals surface area contributed by atoms with Crippen LogP contribution in [0.1, 0.15) is 27.4 Å². The minimum Gasteiger partial charge on any atom is -0.466 e. The number of aryl methyl sites for hydroxylation is 2. The van der Waals surface area contributed by atoms with E-state index in [1.165, 1.54) is 6.08 Å². The minimum atomic E-state index is -0.425. The molecule has 1 aromatic heterocycles. The van der Waals surface area contributed by atoms with Crippen LogP contribution in [0.5, 0.6) is 0 Å². The number of carbonyl (C=O) groups is 2. The molecule has 2 N–H and O–H groups in total. The summed E-state index contributed by atoms with van der Waals surface area (Å²) >= 11 is 3.35. The first-order chi connectivity index (χ1) is 10.5. The minimum absolute atomic E-state index is 0.397. The number of furan rings is 1. The van der Waals surface area contributed by atoms with Crippen molar-refractivity contribution in [3.05, 3.63) is 63.5 Å². The SMILES string of the molecule is Cc1cc(C(=O)NNC(=O)/C=C/c2cccc(Br)c2)c(C)o1. The molecule has 0 fully saturated rings. The smallest absolute Gasteiger partial charge is 0.273 e. The number of rotatable bonds is 3. The Morgan fingerprint density at radius 3 is 2.59 bits per heavy atom. The van der Waals surface area contributed by atoms with Gasteiger partial charge in [-0.2, -0.15) is 0 Å². The zero-order chi connectivity index (χ0) is 16.1. The molecule has 0 aliphatic heterocycles. The van der Waals surface area contributed by atoms with Crippen LogP contribution in [0.2, 0.25) is 0 Å². The monoisotopic (exact) mass is 362 g/mol. The highest BCUT2D eigenvalue weighted by molar-refractivity contribution is 9.10. The lowest BCUT2D eigenvalue weighted by molar-refractivity contribution is -0.117. The quantitative estimate of drug-likeness (QED) is 0.650. The van der Waals surface area contributed by atoms with Crippen molar-refractivity contribution in [2.75, 3.05) is 0 Å². The van der Waals surface area contributed by atoms with Crippen LogP contribution >= 0.6 is 15.9 Å². The van der Waals surface area contributed by atoms with Gasteiger partial charge in [0.25, 0.3) is 11.8 Å². The van der Waals surface area contributed by atoms with E-state index in [1.54, 1.807) is 26.0 Å². The van der Waals surface area contributed by atoms with Gasteiger partial charge in [-0.3, -0.25) is 20.4 Å². The third kappa shape index (κ3) is 4.33. The predicted octanol–water partition coefficient (Wildman–Crippen LogP) is 3.13. The van der Waals surface area contributed by atoms with Crippen molar-refractivity contribution >= 4 is 33.8 Å². The summed E-state index contributed by atoms with van der Waals surface area (Å²) in [5, 5.41) is 0. The lowest BCUT2D eigenvalue weighted by Gasteiger charge is -2.04. The van der Waals surface area contributed by atoms with Crippen LogP contribution in [0.25, 0.3) is 6.08 Å². The average molecular weight is 363 g/mol. The van der Waals surface area contributed by atoms with E-state index in [2.05, 4.69) is 26.8 Å². The van der Waals surface area contributed by atoms with E-state index in [0.717, 1.165) is 10.0 Å². The van der Waals surface area contributed by atoms with Crippen LogP contribution in [0.3, 0.4) is 0 Å². The molecule has 0 aliphatic carbocycles. The Morgan fingerprint density at radius 1 is 1.18 bits per heavy atom. The summed E-state index contributed by atoms with van der Waals surface area (Å²) in [6, 6.07) is 9.12. The molecule has 6 heteroatoms. The fourth-order valence-corrected chi connectivity index (χ4v) is 2.28. The number of nitrogens with one attached hydrogen (secondary N) is 2. The van der Waals surface area contributed by atoms with Crippen LogP contribution in [-0.2, 0) is 4.79 Å². The van der Waals surface area contributed by atoms with E-state index >= 15 is 0 Å². The number of carbonyl (C=O) groups excluding carboxylic acids is 2. The molecule has 114 valence electrons. The summed E-state index contributed by atoms with van der Waals surface area (Å²) in [6.45, 7) is 3.44. The lowest BCUT2D eigenvalue weighted by atomic mass is 10.2. The number of halogens is 1. The zero-order valence-corrected chi connectivity index (χ0v) is 13.7. The normalized spacial score (nSPS) is 10.7. The molecular formula is C16H15BrN2O3. The second-order valence-corrected chi connectivity index (χ2v) is 5.57. The summed E-state index contributed by atoms with van der Waals surface area (Å²) < 4.78 is 6.19. The fraction of sp³-hybridized carbons (Fsp3) is 0.125. The summed E-state index contributed by atoms with van der Waals surface area (Å²) in [6.07, 6.45) is 3.00. The molecule has 0 saturated carbocycles. The number of amides is 2. The molecule has 0 spiro atoms. The summed E-state index contributed by atoms with van der Waals surface area (Å²) in [5.74, 6) is 0.308. The second kappa shape index (κ2) is 7.09. The van der Waals surface area contributed by atoms with Gasteiger partial charge in [-0.1, -0.05) is 28.1 Å². The first kappa shape index (κ1) is 16.0. The first-order valence-corrected chi connectivity index (χ1v) is 7.36. The highest BCUT2D eigenvalue weighted by Gasteiger charge is 2.13. The Hall–Kier alpha value is -2.34. The maximum Gasteiger partial charge on any atom is 0.273 e. The van der Waals surface area contributed by atoms with Crippen molar-refractivity contribution < 1.29 is 14.0 Å². The highest BCUT2D eigenvalue weighted by Crippen LogP contribution is 2.13. The van der Waals surface area contributed by atoms with Gasteiger partial charge in [0.1, 0.15) is 11.5 Å². The molecular weight excluding hydrogens is 348 g/mol. The van der Waals surface area contributed by atoms with Crippen molar-refractivity contribution in [3.63, 3.8) is 0 Å².